The predicted octanol–water partition coefficient (Wildman–Crippen LogP) is 2.53. The molecule has 1 aromatic rings. The van der Waals surface area contributed by atoms with Crippen LogP contribution in [0.25, 0.3) is 0 Å². The van der Waals surface area contributed by atoms with Gasteiger partial charge in [-0.1, -0.05) is 13.3 Å². The standard InChI is InChI=1S/C12H15NO3S/c1-2-3-4-11(14)16-17-10-7-5-9(6-8-10)12(13)15/h5-8H,2-4H2,1H3,(H2,13,15). The summed E-state index contributed by atoms with van der Waals surface area (Å²) in [7, 11) is 0. The van der Waals surface area contributed by atoms with Crippen LogP contribution in [0.4, 0.5) is 0 Å². The maximum Gasteiger partial charge on any atom is 0.318 e. The second-order valence-electron chi connectivity index (χ2n) is 3.53. The molecule has 92 valence electrons. The Kier molecular flexibility index (Phi) is 5.56. The van der Waals surface area contributed by atoms with Gasteiger partial charge in [-0.2, -0.15) is 0 Å². The highest BCUT2D eigenvalue weighted by atomic mass is 32.2. The number of carbonyl (C=O) groups excluding carboxylic acids is 2. The van der Waals surface area contributed by atoms with Crippen LogP contribution in [0.5, 0.6) is 0 Å². The predicted molar refractivity (Wildman–Crippen MR) is 66.4 cm³/mol. The van der Waals surface area contributed by atoms with E-state index in [4.69, 9.17) is 9.92 Å². The van der Waals surface area contributed by atoms with E-state index in [9.17, 15) is 9.59 Å². The van der Waals surface area contributed by atoms with Crippen molar-refractivity contribution in [2.75, 3.05) is 0 Å². The highest BCUT2D eigenvalue weighted by molar-refractivity contribution is 7.95. The molecule has 1 aromatic carbocycles. The van der Waals surface area contributed by atoms with Crippen molar-refractivity contribution >= 4 is 23.9 Å². The maximum absolute atomic E-state index is 11.2. The molecule has 0 aliphatic rings. The molecule has 0 fully saturated rings. The van der Waals surface area contributed by atoms with E-state index in [1.54, 1.807) is 24.3 Å². The van der Waals surface area contributed by atoms with Gasteiger partial charge in [0.1, 0.15) is 0 Å². The summed E-state index contributed by atoms with van der Waals surface area (Å²) in [5, 5.41) is 0. The third-order valence-corrected chi connectivity index (χ3v) is 2.84. The number of primary amides is 1. The van der Waals surface area contributed by atoms with Crippen molar-refractivity contribution in [3.05, 3.63) is 29.8 Å². The first kappa shape index (κ1) is 13.6. The van der Waals surface area contributed by atoms with Gasteiger partial charge in [-0.25, -0.2) is 0 Å². The van der Waals surface area contributed by atoms with E-state index in [1.807, 2.05) is 6.92 Å². The molecular weight excluding hydrogens is 238 g/mol. The van der Waals surface area contributed by atoms with Crippen molar-refractivity contribution < 1.29 is 13.8 Å². The monoisotopic (exact) mass is 253 g/mol. The molecule has 5 heteroatoms. The largest absolute Gasteiger partial charge is 0.386 e. The lowest BCUT2D eigenvalue weighted by atomic mass is 10.2. The molecule has 1 rings (SSSR count). The van der Waals surface area contributed by atoms with Gasteiger partial charge in [0.05, 0.1) is 12.0 Å². The Morgan fingerprint density at radius 3 is 2.47 bits per heavy atom. The van der Waals surface area contributed by atoms with Crippen LogP contribution in [0, 0.1) is 0 Å². The third kappa shape index (κ3) is 4.91. The van der Waals surface area contributed by atoms with Gasteiger partial charge in [0, 0.05) is 16.9 Å². The van der Waals surface area contributed by atoms with Crippen LogP contribution in [0.1, 0.15) is 36.5 Å². The van der Waals surface area contributed by atoms with Gasteiger partial charge < -0.3 is 9.92 Å². The summed E-state index contributed by atoms with van der Waals surface area (Å²) in [6.07, 6.45) is 2.23. The topological polar surface area (TPSA) is 69.4 Å². The third-order valence-electron chi connectivity index (χ3n) is 2.10. The van der Waals surface area contributed by atoms with Gasteiger partial charge in [-0.3, -0.25) is 9.59 Å². The molecule has 4 nitrogen and oxygen atoms in total. The van der Waals surface area contributed by atoms with Crippen LogP contribution in [0.2, 0.25) is 0 Å². The first-order chi connectivity index (χ1) is 8.13. The second kappa shape index (κ2) is 6.96. The molecule has 0 heterocycles. The van der Waals surface area contributed by atoms with E-state index in [-0.39, 0.29) is 5.97 Å². The summed E-state index contributed by atoms with van der Waals surface area (Å²) in [4.78, 5) is 22.8. The first-order valence-corrected chi connectivity index (χ1v) is 6.15. The van der Waals surface area contributed by atoms with E-state index in [0.29, 0.717) is 12.0 Å². The van der Waals surface area contributed by atoms with E-state index < -0.39 is 5.91 Å². The molecule has 0 bridgehead atoms. The Morgan fingerprint density at radius 2 is 1.94 bits per heavy atom. The van der Waals surface area contributed by atoms with Gasteiger partial charge in [-0.05, 0) is 30.7 Å². The van der Waals surface area contributed by atoms with E-state index in [1.165, 1.54) is 0 Å². The van der Waals surface area contributed by atoms with Gasteiger partial charge >= 0.3 is 5.97 Å². The maximum atomic E-state index is 11.2. The number of hydrogen-bond acceptors (Lipinski definition) is 4. The van der Waals surface area contributed by atoms with Crippen LogP contribution in [-0.4, -0.2) is 11.9 Å². The zero-order valence-corrected chi connectivity index (χ0v) is 10.5. The van der Waals surface area contributed by atoms with Crippen LogP contribution in [0.15, 0.2) is 29.2 Å². The molecule has 0 atom stereocenters. The van der Waals surface area contributed by atoms with Gasteiger partial charge in [0.25, 0.3) is 0 Å². The molecule has 2 N–H and O–H groups in total. The number of amides is 1. The SMILES string of the molecule is CCCCC(=O)OSc1ccc(C(N)=O)cc1. The number of carbonyl (C=O) groups is 2. The number of nitrogens with two attached hydrogens (primary N) is 1. The summed E-state index contributed by atoms with van der Waals surface area (Å²) >= 11 is 0.998. The Hall–Kier alpha value is -1.49. The molecule has 0 unspecified atom stereocenters. The molecule has 17 heavy (non-hydrogen) atoms. The quantitative estimate of drug-likeness (QED) is 0.791. The summed E-state index contributed by atoms with van der Waals surface area (Å²) < 4.78 is 4.99. The lowest BCUT2D eigenvalue weighted by Crippen LogP contribution is -2.10. The molecule has 0 aromatic heterocycles. The van der Waals surface area contributed by atoms with Gasteiger partial charge in [0.15, 0.2) is 0 Å². The molecule has 0 aliphatic carbocycles. The molecular formula is C12H15NO3S. The summed E-state index contributed by atoms with van der Waals surface area (Å²) in [5.41, 5.74) is 5.55. The molecule has 1 amide bonds. The Bertz CT molecular complexity index is 389. The van der Waals surface area contributed by atoms with Crippen molar-refractivity contribution in [3.63, 3.8) is 0 Å². The minimum absolute atomic E-state index is 0.226. The summed E-state index contributed by atoms with van der Waals surface area (Å²) in [6.45, 7) is 2.02. The first-order valence-electron chi connectivity index (χ1n) is 5.40. The molecule has 0 saturated carbocycles. The average molecular weight is 253 g/mol. The van der Waals surface area contributed by atoms with Crippen molar-refractivity contribution in [2.45, 2.75) is 31.1 Å². The van der Waals surface area contributed by atoms with Crippen molar-refractivity contribution in [2.24, 2.45) is 5.73 Å². The van der Waals surface area contributed by atoms with Crippen LogP contribution in [0.3, 0.4) is 0 Å². The number of rotatable bonds is 6. The minimum Gasteiger partial charge on any atom is -0.386 e. The van der Waals surface area contributed by atoms with Gasteiger partial charge in [-0.15, -0.1) is 0 Å². The highest BCUT2D eigenvalue weighted by Crippen LogP contribution is 2.20. The van der Waals surface area contributed by atoms with Crippen LogP contribution < -0.4 is 5.73 Å². The van der Waals surface area contributed by atoms with Crippen LogP contribution >= 0.6 is 12.0 Å². The molecule has 0 spiro atoms. The van der Waals surface area contributed by atoms with Gasteiger partial charge in [0.2, 0.25) is 5.91 Å². The second-order valence-corrected chi connectivity index (χ2v) is 4.34. The van der Waals surface area contributed by atoms with E-state index >= 15 is 0 Å². The lowest BCUT2D eigenvalue weighted by molar-refractivity contribution is -0.133. The fourth-order valence-corrected chi connectivity index (χ4v) is 1.65. The summed E-state index contributed by atoms with van der Waals surface area (Å²) in [5.74, 6) is -0.697. The zero-order valence-electron chi connectivity index (χ0n) is 9.64. The summed E-state index contributed by atoms with van der Waals surface area (Å²) in [6, 6.07) is 6.59. The Balaban J connectivity index is 2.42. The van der Waals surface area contributed by atoms with Crippen molar-refractivity contribution in [3.8, 4) is 0 Å². The lowest BCUT2D eigenvalue weighted by Gasteiger charge is -2.02. The Labute approximate surface area is 105 Å². The van der Waals surface area contributed by atoms with E-state index in [2.05, 4.69) is 0 Å². The number of unbranched alkanes of at least 4 members (excludes halogenated alkanes) is 1. The molecule has 0 radical (unpaired) electrons. The molecule has 0 aliphatic heterocycles. The number of hydrogen-bond donors (Lipinski definition) is 1. The minimum atomic E-state index is -0.471. The molecule has 0 saturated heterocycles. The fourth-order valence-electron chi connectivity index (χ4n) is 1.13. The highest BCUT2D eigenvalue weighted by Gasteiger charge is 2.05. The smallest absolute Gasteiger partial charge is 0.318 e. The van der Waals surface area contributed by atoms with Crippen LogP contribution in [-0.2, 0) is 8.98 Å². The average Bonchev–Trinajstić information content (AvgIpc) is 2.34. The Morgan fingerprint density at radius 1 is 1.29 bits per heavy atom. The normalized spacial score (nSPS) is 9.94. The number of benzene rings is 1. The van der Waals surface area contributed by atoms with E-state index in [0.717, 1.165) is 29.8 Å². The fraction of sp³-hybridized carbons (Fsp3) is 0.333. The zero-order chi connectivity index (χ0) is 12.7. The van der Waals surface area contributed by atoms with Crippen molar-refractivity contribution in [1.29, 1.82) is 0 Å². The van der Waals surface area contributed by atoms with Crippen molar-refractivity contribution in [1.82, 2.24) is 0 Å².